The van der Waals surface area contributed by atoms with E-state index in [1.807, 2.05) is 6.26 Å². The predicted molar refractivity (Wildman–Crippen MR) is 80.3 cm³/mol. The maximum Gasteiger partial charge on any atom is 0.343 e. The third kappa shape index (κ3) is 3.85. The number of carbonyl (C=O) groups is 1. The van der Waals surface area contributed by atoms with Crippen molar-refractivity contribution in [3.8, 4) is 0 Å². The second-order valence-electron chi connectivity index (χ2n) is 4.82. The van der Waals surface area contributed by atoms with Crippen LogP contribution >= 0.6 is 11.8 Å². The number of hydrogen-bond acceptors (Lipinski definition) is 6. The summed E-state index contributed by atoms with van der Waals surface area (Å²) in [5.74, 6) is 0.244. The molecule has 20 heavy (non-hydrogen) atoms. The van der Waals surface area contributed by atoms with E-state index < -0.39 is 0 Å². The fourth-order valence-electron chi connectivity index (χ4n) is 2.37. The molecule has 0 atom stereocenters. The average molecular weight is 295 g/mol. The molecule has 0 bridgehead atoms. The van der Waals surface area contributed by atoms with Crippen LogP contribution in [-0.2, 0) is 4.74 Å². The van der Waals surface area contributed by atoms with Gasteiger partial charge in [-0.05, 0) is 26.0 Å². The topological polar surface area (TPSA) is 64.1 Å². The minimum Gasteiger partial charge on any atom is -0.462 e. The van der Waals surface area contributed by atoms with E-state index in [1.165, 1.54) is 31.0 Å². The molecule has 0 spiro atoms. The number of anilines is 1. The van der Waals surface area contributed by atoms with E-state index >= 15 is 0 Å². The standard InChI is InChI=1S/C14H21N3O2S/c1-3-19-13(18)11-9-15-14(20-2)17-12(11)16-10-7-5-4-6-8-10/h9-10H,3-8H2,1-2H3,(H,15,16,17). The minimum absolute atomic E-state index is 0.353. The fourth-order valence-corrected chi connectivity index (χ4v) is 2.71. The second-order valence-corrected chi connectivity index (χ2v) is 5.59. The molecule has 0 saturated heterocycles. The number of ether oxygens (including phenoxy) is 1. The SMILES string of the molecule is CCOC(=O)c1cnc(SC)nc1NC1CCCCC1. The molecule has 1 fully saturated rings. The van der Waals surface area contributed by atoms with Crippen LogP contribution in [0.25, 0.3) is 0 Å². The largest absolute Gasteiger partial charge is 0.462 e. The lowest BCUT2D eigenvalue weighted by Crippen LogP contribution is -2.25. The van der Waals surface area contributed by atoms with Crippen molar-refractivity contribution < 1.29 is 9.53 Å². The van der Waals surface area contributed by atoms with Gasteiger partial charge in [-0.15, -0.1) is 0 Å². The van der Waals surface area contributed by atoms with E-state index in [2.05, 4.69) is 15.3 Å². The lowest BCUT2D eigenvalue weighted by atomic mass is 9.95. The summed E-state index contributed by atoms with van der Waals surface area (Å²) in [5, 5.41) is 4.06. The Hall–Kier alpha value is -1.30. The zero-order valence-electron chi connectivity index (χ0n) is 12.0. The molecule has 6 heteroatoms. The summed E-state index contributed by atoms with van der Waals surface area (Å²) in [7, 11) is 0. The van der Waals surface area contributed by atoms with Crippen LogP contribution in [0.4, 0.5) is 5.82 Å². The van der Waals surface area contributed by atoms with Gasteiger partial charge in [-0.25, -0.2) is 14.8 Å². The molecule has 5 nitrogen and oxygen atoms in total. The molecule has 1 aliphatic rings. The molecule has 1 heterocycles. The highest BCUT2D eigenvalue weighted by Crippen LogP contribution is 2.24. The summed E-state index contributed by atoms with van der Waals surface area (Å²) in [6.07, 6.45) is 9.48. The van der Waals surface area contributed by atoms with Gasteiger partial charge >= 0.3 is 5.97 Å². The van der Waals surface area contributed by atoms with Crippen molar-refractivity contribution in [1.82, 2.24) is 9.97 Å². The summed E-state index contributed by atoms with van der Waals surface area (Å²) in [4.78, 5) is 20.6. The molecule has 0 radical (unpaired) electrons. The number of nitrogens with zero attached hydrogens (tertiary/aromatic N) is 2. The lowest BCUT2D eigenvalue weighted by molar-refractivity contribution is 0.0526. The van der Waals surface area contributed by atoms with Gasteiger partial charge in [0.05, 0.1) is 6.61 Å². The average Bonchev–Trinajstić information content (AvgIpc) is 2.48. The highest BCUT2D eigenvalue weighted by molar-refractivity contribution is 7.98. The van der Waals surface area contributed by atoms with Crippen molar-refractivity contribution in [2.75, 3.05) is 18.2 Å². The Labute approximate surface area is 123 Å². The number of rotatable bonds is 5. The van der Waals surface area contributed by atoms with Crippen LogP contribution in [0, 0.1) is 0 Å². The fraction of sp³-hybridized carbons (Fsp3) is 0.643. The molecule has 0 unspecified atom stereocenters. The van der Waals surface area contributed by atoms with Gasteiger partial charge in [-0.1, -0.05) is 31.0 Å². The zero-order chi connectivity index (χ0) is 14.4. The Morgan fingerprint density at radius 1 is 1.45 bits per heavy atom. The smallest absolute Gasteiger partial charge is 0.343 e. The van der Waals surface area contributed by atoms with Crippen LogP contribution in [0.1, 0.15) is 49.4 Å². The molecule has 0 amide bonds. The maximum atomic E-state index is 12.0. The summed E-state index contributed by atoms with van der Waals surface area (Å²) < 4.78 is 5.07. The van der Waals surface area contributed by atoms with Crippen molar-refractivity contribution in [2.24, 2.45) is 0 Å². The van der Waals surface area contributed by atoms with E-state index in [4.69, 9.17) is 4.74 Å². The lowest BCUT2D eigenvalue weighted by Gasteiger charge is -2.24. The third-order valence-electron chi connectivity index (χ3n) is 3.39. The number of carbonyl (C=O) groups excluding carboxylic acids is 1. The molecule has 1 aliphatic carbocycles. The summed E-state index contributed by atoms with van der Waals surface area (Å²) >= 11 is 1.46. The summed E-state index contributed by atoms with van der Waals surface area (Å²) in [6, 6.07) is 0.390. The molecule has 1 saturated carbocycles. The molecular formula is C14H21N3O2S. The molecule has 2 rings (SSSR count). The molecule has 110 valence electrons. The van der Waals surface area contributed by atoms with Crippen LogP contribution in [0.15, 0.2) is 11.4 Å². The molecule has 0 aromatic carbocycles. The van der Waals surface area contributed by atoms with Crippen molar-refractivity contribution >= 4 is 23.5 Å². The number of nitrogens with one attached hydrogen (secondary N) is 1. The van der Waals surface area contributed by atoms with E-state index in [0.29, 0.717) is 29.2 Å². The number of hydrogen-bond donors (Lipinski definition) is 1. The number of thioether (sulfide) groups is 1. The van der Waals surface area contributed by atoms with Gasteiger partial charge in [0.1, 0.15) is 11.4 Å². The van der Waals surface area contributed by atoms with E-state index in [-0.39, 0.29) is 5.97 Å². The molecule has 1 aromatic heterocycles. The first-order valence-corrected chi connectivity index (χ1v) is 8.31. The Morgan fingerprint density at radius 3 is 2.85 bits per heavy atom. The van der Waals surface area contributed by atoms with Crippen molar-refractivity contribution in [3.63, 3.8) is 0 Å². The van der Waals surface area contributed by atoms with Gasteiger partial charge in [0.2, 0.25) is 0 Å². The molecular weight excluding hydrogens is 274 g/mol. The normalized spacial score (nSPS) is 15.9. The van der Waals surface area contributed by atoms with Gasteiger partial charge < -0.3 is 10.1 Å². The summed E-state index contributed by atoms with van der Waals surface area (Å²) in [6.45, 7) is 2.15. The van der Waals surface area contributed by atoms with Crippen LogP contribution < -0.4 is 5.32 Å². The number of esters is 1. The Morgan fingerprint density at radius 2 is 2.20 bits per heavy atom. The van der Waals surface area contributed by atoms with Crippen LogP contribution in [0.2, 0.25) is 0 Å². The molecule has 1 N–H and O–H groups in total. The first-order valence-electron chi connectivity index (χ1n) is 7.09. The maximum absolute atomic E-state index is 12.0. The van der Waals surface area contributed by atoms with E-state index in [0.717, 1.165) is 12.8 Å². The first-order chi connectivity index (χ1) is 9.74. The zero-order valence-corrected chi connectivity index (χ0v) is 12.8. The highest BCUT2D eigenvalue weighted by Gasteiger charge is 2.20. The highest BCUT2D eigenvalue weighted by atomic mass is 32.2. The predicted octanol–water partition coefficient (Wildman–Crippen LogP) is 3.12. The van der Waals surface area contributed by atoms with Crippen molar-refractivity contribution in [2.45, 2.75) is 50.2 Å². The number of aromatic nitrogens is 2. The van der Waals surface area contributed by atoms with Crippen LogP contribution in [0.5, 0.6) is 0 Å². The van der Waals surface area contributed by atoms with Crippen LogP contribution in [0.3, 0.4) is 0 Å². The van der Waals surface area contributed by atoms with Gasteiger partial charge in [-0.2, -0.15) is 0 Å². The quantitative estimate of drug-likeness (QED) is 0.511. The van der Waals surface area contributed by atoms with Gasteiger partial charge in [0.25, 0.3) is 0 Å². The van der Waals surface area contributed by atoms with Crippen molar-refractivity contribution in [1.29, 1.82) is 0 Å². The van der Waals surface area contributed by atoms with Gasteiger partial charge in [0.15, 0.2) is 5.16 Å². The first kappa shape index (κ1) is 15.1. The van der Waals surface area contributed by atoms with Crippen LogP contribution in [-0.4, -0.2) is 34.8 Å². The summed E-state index contributed by atoms with van der Waals surface area (Å²) in [5.41, 5.74) is 0.426. The van der Waals surface area contributed by atoms with Gasteiger partial charge in [-0.3, -0.25) is 0 Å². The Kier molecular flexibility index (Phi) is 5.64. The van der Waals surface area contributed by atoms with E-state index in [9.17, 15) is 4.79 Å². The molecule has 0 aliphatic heterocycles. The monoisotopic (exact) mass is 295 g/mol. The van der Waals surface area contributed by atoms with Crippen molar-refractivity contribution in [3.05, 3.63) is 11.8 Å². The Balaban J connectivity index is 2.19. The minimum atomic E-state index is -0.363. The Bertz CT molecular complexity index is 462. The second kappa shape index (κ2) is 7.47. The van der Waals surface area contributed by atoms with Gasteiger partial charge in [0, 0.05) is 12.2 Å². The molecule has 1 aromatic rings. The third-order valence-corrected chi connectivity index (χ3v) is 3.95. The van der Waals surface area contributed by atoms with E-state index in [1.54, 1.807) is 13.1 Å².